The summed E-state index contributed by atoms with van der Waals surface area (Å²) in [5, 5.41) is 3.53. The van der Waals surface area contributed by atoms with Crippen LogP contribution in [0.4, 0.5) is 5.95 Å². The zero-order valence-corrected chi connectivity index (χ0v) is 11.3. The molecule has 0 fully saturated rings. The molecular formula is C14H23N3. The number of rotatable bonds is 0. The van der Waals surface area contributed by atoms with Crippen molar-refractivity contribution >= 4 is 5.95 Å². The highest BCUT2D eigenvalue weighted by Gasteiger charge is 2.33. The van der Waals surface area contributed by atoms with Crippen LogP contribution in [0.15, 0.2) is 0 Å². The molecule has 94 valence electrons. The van der Waals surface area contributed by atoms with Crippen molar-refractivity contribution in [3.05, 3.63) is 11.4 Å². The fourth-order valence-electron chi connectivity index (χ4n) is 3.45. The highest BCUT2D eigenvalue weighted by molar-refractivity contribution is 5.40. The van der Waals surface area contributed by atoms with Crippen LogP contribution in [0.2, 0.25) is 0 Å². The first-order chi connectivity index (χ1) is 8.08. The molecule has 1 aromatic rings. The molecule has 1 aliphatic heterocycles. The fraction of sp³-hybridized carbons (Fsp3) is 0.786. The van der Waals surface area contributed by atoms with Gasteiger partial charge in [-0.15, -0.1) is 0 Å². The van der Waals surface area contributed by atoms with Gasteiger partial charge in [0.15, 0.2) is 0 Å². The van der Waals surface area contributed by atoms with Crippen LogP contribution in [-0.4, -0.2) is 15.6 Å². The quantitative estimate of drug-likeness (QED) is 0.745. The number of nitrogens with one attached hydrogen (secondary N) is 1. The number of hydrogen-bond acceptors (Lipinski definition) is 2. The van der Waals surface area contributed by atoms with Crippen molar-refractivity contribution in [2.24, 2.45) is 5.92 Å². The van der Waals surface area contributed by atoms with Gasteiger partial charge in [0.05, 0.1) is 5.69 Å². The van der Waals surface area contributed by atoms with Crippen LogP contribution in [0.1, 0.15) is 63.9 Å². The zero-order valence-electron chi connectivity index (χ0n) is 11.3. The maximum absolute atomic E-state index is 4.88. The molecule has 0 radical (unpaired) electrons. The van der Waals surface area contributed by atoms with E-state index >= 15 is 0 Å². The van der Waals surface area contributed by atoms with Crippen molar-refractivity contribution in [1.82, 2.24) is 9.55 Å². The molecule has 1 N–H and O–H groups in total. The molecule has 17 heavy (non-hydrogen) atoms. The second kappa shape index (κ2) is 3.76. The van der Waals surface area contributed by atoms with E-state index in [1.807, 2.05) is 0 Å². The maximum Gasteiger partial charge on any atom is 0.203 e. The summed E-state index contributed by atoms with van der Waals surface area (Å²) in [5.41, 5.74) is 2.85. The Morgan fingerprint density at radius 2 is 2.00 bits per heavy atom. The summed E-state index contributed by atoms with van der Waals surface area (Å²) in [6, 6.07) is 1.15. The minimum atomic E-state index is 0.550. The molecule has 4 atom stereocenters. The third-order valence-electron chi connectivity index (χ3n) is 4.67. The predicted molar refractivity (Wildman–Crippen MR) is 70.5 cm³/mol. The van der Waals surface area contributed by atoms with Crippen molar-refractivity contribution in [2.45, 2.75) is 65.0 Å². The van der Waals surface area contributed by atoms with Crippen LogP contribution >= 0.6 is 0 Å². The van der Waals surface area contributed by atoms with E-state index in [1.165, 1.54) is 30.7 Å². The molecule has 4 unspecified atom stereocenters. The average Bonchev–Trinajstić information content (AvgIpc) is 2.62. The molecule has 0 saturated heterocycles. The van der Waals surface area contributed by atoms with E-state index in [-0.39, 0.29) is 0 Å². The van der Waals surface area contributed by atoms with Gasteiger partial charge in [-0.05, 0) is 39.0 Å². The molecule has 1 aromatic heterocycles. The largest absolute Gasteiger partial charge is 0.353 e. The van der Waals surface area contributed by atoms with Crippen LogP contribution in [-0.2, 0) is 6.42 Å². The molecule has 0 bridgehead atoms. The van der Waals surface area contributed by atoms with E-state index in [1.54, 1.807) is 0 Å². The van der Waals surface area contributed by atoms with Gasteiger partial charge in [-0.3, -0.25) is 0 Å². The van der Waals surface area contributed by atoms with Gasteiger partial charge in [-0.2, -0.15) is 0 Å². The molecular weight excluding hydrogens is 210 g/mol. The van der Waals surface area contributed by atoms with Crippen molar-refractivity contribution in [3.63, 3.8) is 0 Å². The van der Waals surface area contributed by atoms with Gasteiger partial charge in [-0.25, -0.2) is 4.98 Å². The minimum Gasteiger partial charge on any atom is -0.353 e. The SMILES string of the molecule is CC1CC(C)n2c(nc3c2CCC(C)C3C)N1. The lowest BCUT2D eigenvalue weighted by Gasteiger charge is -2.31. The molecule has 3 heteroatoms. The van der Waals surface area contributed by atoms with Crippen molar-refractivity contribution in [1.29, 1.82) is 0 Å². The Morgan fingerprint density at radius 3 is 2.76 bits per heavy atom. The Bertz CT molecular complexity index is 435. The van der Waals surface area contributed by atoms with Crippen molar-refractivity contribution in [3.8, 4) is 0 Å². The fourth-order valence-corrected chi connectivity index (χ4v) is 3.45. The summed E-state index contributed by atoms with van der Waals surface area (Å²) in [6.07, 6.45) is 3.72. The van der Waals surface area contributed by atoms with Crippen LogP contribution in [0.3, 0.4) is 0 Å². The van der Waals surface area contributed by atoms with Crippen LogP contribution < -0.4 is 5.32 Å². The summed E-state index contributed by atoms with van der Waals surface area (Å²) in [4.78, 5) is 4.88. The van der Waals surface area contributed by atoms with Crippen LogP contribution in [0, 0.1) is 5.92 Å². The highest BCUT2D eigenvalue weighted by Crippen LogP contribution is 2.40. The van der Waals surface area contributed by atoms with E-state index in [2.05, 4.69) is 37.6 Å². The topological polar surface area (TPSA) is 29.9 Å². The zero-order chi connectivity index (χ0) is 12.2. The lowest BCUT2D eigenvalue weighted by molar-refractivity contribution is 0.390. The van der Waals surface area contributed by atoms with Crippen molar-refractivity contribution in [2.75, 3.05) is 5.32 Å². The van der Waals surface area contributed by atoms with Gasteiger partial charge in [-0.1, -0.05) is 13.8 Å². The van der Waals surface area contributed by atoms with E-state index < -0.39 is 0 Å². The Kier molecular flexibility index (Phi) is 2.46. The second-order valence-corrected chi connectivity index (χ2v) is 6.07. The monoisotopic (exact) mass is 233 g/mol. The summed E-state index contributed by atoms with van der Waals surface area (Å²) in [5.74, 6) is 2.50. The third kappa shape index (κ3) is 1.59. The number of aromatic nitrogens is 2. The van der Waals surface area contributed by atoms with E-state index in [4.69, 9.17) is 4.98 Å². The minimum absolute atomic E-state index is 0.550. The summed E-state index contributed by atoms with van der Waals surface area (Å²) < 4.78 is 2.46. The molecule has 0 saturated carbocycles. The van der Waals surface area contributed by atoms with Crippen LogP contribution in [0.5, 0.6) is 0 Å². The highest BCUT2D eigenvalue weighted by atomic mass is 15.3. The first kappa shape index (κ1) is 11.1. The number of hydrogen-bond donors (Lipinski definition) is 1. The van der Waals surface area contributed by atoms with Gasteiger partial charge >= 0.3 is 0 Å². The molecule has 1 aliphatic carbocycles. The van der Waals surface area contributed by atoms with Crippen LogP contribution in [0.25, 0.3) is 0 Å². The number of imidazole rings is 1. The van der Waals surface area contributed by atoms with Crippen molar-refractivity contribution < 1.29 is 0 Å². The first-order valence-corrected chi connectivity index (χ1v) is 6.95. The van der Waals surface area contributed by atoms with E-state index in [0.717, 1.165) is 11.9 Å². The molecule has 3 rings (SSSR count). The summed E-state index contributed by atoms with van der Waals surface area (Å²) in [7, 11) is 0. The van der Waals surface area contributed by atoms with E-state index in [0.29, 0.717) is 18.0 Å². The molecule has 0 aromatic carbocycles. The number of fused-ring (bicyclic) bond motifs is 3. The first-order valence-electron chi connectivity index (χ1n) is 6.95. The maximum atomic E-state index is 4.88. The lowest BCUT2D eigenvalue weighted by Crippen LogP contribution is -2.29. The standard InChI is InChI=1S/C14H23N3/c1-8-5-6-12-13(11(8)4)16-14-15-9(2)7-10(3)17(12)14/h8-11H,5-7H2,1-4H3,(H,15,16). The summed E-state index contributed by atoms with van der Waals surface area (Å²) >= 11 is 0. The van der Waals surface area contributed by atoms with Gasteiger partial charge in [0.25, 0.3) is 0 Å². The lowest BCUT2D eigenvalue weighted by atomic mass is 9.82. The Morgan fingerprint density at radius 1 is 1.24 bits per heavy atom. The van der Waals surface area contributed by atoms with Gasteiger partial charge in [0.1, 0.15) is 0 Å². The van der Waals surface area contributed by atoms with E-state index in [9.17, 15) is 0 Å². The van der Waals surface area contributed by atoms with Gasteiger partial charge < -0.3 is 9.88 Å². The Balaban J connectivity index is 2.08. The predicted octanol–water partition coefficient (Wildman–Crippen LogP) is 3.33. The Hall–Kier alpha value is -0.990. The molecule has 2 heterocycles. The Labute approximate surface area is 104 Å². The molecule has 3 nitrogen and oxygen atoms in total. The second-order valence-electron chi connectivity index (χ2n) is 6.07. The average molecular weight is 233 g/mol. The number of anilines is 1. The molecule has 2 aliphatic rings. The van der Waals surface area contributed by atoms with Gasteiger partial charge in [0.2, 0.25) is 5.95 Å². The smallest absolute Gasteiger partial charge is 0.203 e. The molecule has 0 spiro atoms. The molecule has 0 amide bonds. The van der Waals surface area contributed by atoms with Gasteiger partial charge in [0, 0.05) is 23.7 Å². The number of nitrogens with zero attached hydrogens (tertiary/aromatic N) is 2. The third-order valence-corrected chi connectivity index (χ3v) is 4.67. The normalized spacial score (nSPS) is 36.0. The summed E-state index contributed by atoms with van der Waals surface area (Å²) in [6.45, 7) is 9.26.